The molecule has 198 valence electrons. The fourth-order valence-electron chi connectivity index (χ4n) is 4.49. The second kappa shape index (κ2) is 19.7. The molecule has 4 heteroatoms. The molecule has 4 nitrogen and oxygen atoms in total. The summed E-state index contributed by atoms with van der Waals surface area (Å²) in [5, 5.41) is 0. The third-order valence-corrected chi connectivity index (χ3v) is 6.78. The van der Waals surface area contributed by atoms with E-state index in [4.69, 9.17) is 4.74 Å². The summed E-state index contributed by atoms with van der Waals surface area (Å²) in [4.78, 5) is 24.7. The predicted octanol–water partition coefficient (Wildman–Crippen LogP) is 8.28. The summed E-state index contributed by atoms with van der Waals surface area (Å²) < 4.78 is 7.25. The standard InChI is InChI=1S/C32H48NO3/c1-2-3-4-5-6-7-8-9-10-11-12-13-14-15-16-20-27-36-32(35)30-23-21-29(22-24-30)31(34)28-33-25-18-17-19-26-33/h17-19,21-26H,2-16,20,27-28H2,1H3/q+1. The van der Waals surface area contributed by atoms with E-state index in [9.17, 15) is 9.59 Å². The predicted molar refractivity (Wildman–Crippen MR) is 147 cm³/mol. The van der Waals surface area contributed by atoms with Crippen LogP contribution in [0.5, 0.6) is 0 Å². The Morgan fingerprint density at radius 1 is 0.611 bits per heavy atom. The molecule has 1 aromatic carbocycles. The molecular weight excluding hydrogens is 446 g/mol. The van der Waals surface area contributed by atoms with Gasteiger partial charge in [0.1, 0.15) is 0 Å². The number of carbonyl (C=O) groups is 2. The normalized spacial score (nSPS) is 10.9. The molecular formula is C32H48NO3+. The number of unbranched alkanes of at least 4 members (excludes halogenated alkanes) is 15. The Kier molecular flexibility index (Phi) is 16.2. The number of aromatic nitrogens is 1. The highest BCUT2D eigenvalue weighted by Gasteiger charge is 2.13. The van der Waals surface area contributed by atoms with Crippen LogP contribution in [0.25, 0.3) is 0 Å². The van der Waals surface area contributed by atoms with E-state index < -0.39 is 0 Å². The molecule has 0 amide bonds. The molecule has 0 saturated heterocycles. The zero-order valence-corrected chi connectivity index (χ0v) is 22.6. The molecule has 0 radical (unpaired) electrons. The first-order valence-electron chi connectivity index (χ1n) is 14.4. The van der Waals surface area contributed by atoms with Gasteiger partial charge in [0.25, 0.3) is 0 Å². The van der Waals surface area contributed by atoms with Crippen molar-refractivity contribution in [1.29, 1.82) is 0 Å². The van der Waals surface area contributed by atoms with Gasteiger partial charge in [-0.15, -0.1) is 0 Å². The van der Waals surface area contributed by atoms with Crippen LogP contribution in [0.2, 0.25) is 0 Å². The average Bonchev–Trinajstić information content (AvgIpc) is 2.91. The van der Waals surface area contributed by atoms with E-state index in [-0.39, 0.29) is 18.3 Å². The lowest BCUT2D eigenvalue weighted by atomic mass is 10.0. The maximum atomic E-state index is 12.4. The summed E-state index contributed by atoms with van der Waals surface area (Å²) in [7, 11) is 0. The lowest BCUT2D eigenvalue weighted by Gasteiger charge is -2.06. The SMILES string of the molecule is CCCCCCCCCCCCCCCCCCOC(=O)c1ccc(C(=O)C[n+]2ccccc2)cc1. The van der Waals surface area contributed by atoms with E-state index in [1.807, 2.05) is 35.2 Å². The van der Waals surface area contributed by atoms with Crippen LogP contribution < -0.4 is 4.57 Å². The van der Waals surface area contributed by atoms with Crippen LogP contribution in [0.4, 0.5) is 0 Å². The number of hydrogen-bond donors (Lipinski definition) is 0. The lowest BCUT2D eigenvalue weighted by molar-refractivity contribution is -0.683. The second-order valence-corrected chi connectivity index (χ2v) is 9.99. The van der Waals surface area contributed by atoms with Gasteiger partial charge in [0.2, 0.25) is 12.3 Å². The van der Waals surface area contributed by atoms with E-state index >= 15 is 0 Å². The molecule has 0 atom stereocenters. The number of pyridine rings is 1. The van der Waals surface area contributed by atoms with Crippen LogP contribution >= 0.6 is 0 Å². The number of esters is 1. The minimum absolute atomic E-state index is 0.0132. The maximum absolute atomic E-state index is 12.4. The van der Waals surface area contributed by atoms with Gasteiger partial charge in [-0.25, -0.2) is 4.79 Å². The molecule has 0 aliphatic carbocycles. The first kappa shape index (κ1) is 29.7. The molecule has 0 aliphatic heterocycles. The van der Waals surface area contributed by atoms with Crippen molar-refractivity contribution in [3.05, 3.63) is 66.0 Å². The van der Waals surface area contributed by atoms with Crippen LogP contribution in [-0.4, -0.2) is 18.4 Å². The molecule has 2 aromatic rings. The highest BCUT2D eigenvalue weighted by atomic mass is 16.5. The van der Waals surface area contributed by atoms with Gasteiger partial charge in [-0.3, -0.25) is 4.79 Å². The molecule has 0 N–H and O–H groups in total. The van der Waals surface area contributed by atoms with Gasteiger partial charge < -0.3 is 4.74 Å². The van der Waals surface area contributed by atoms with Crippen molar-refractivity contribution >= 4 is 11.8 Å². The summed E-state index contributed by atoms with van der Waals surface area (Å²) in [6.45, 7) is 3.02. The summed E-state index contributed by atoms with van der Waals surface area (Å²) in [5.74, 6) is -0.299. The Balaban J connectivity index is 1.42. The first-order valence-corrected chi connectivity index (χ1v) is 14.4. The van der Waals surface area contributed by atoms with E-state index in [2.05, 4.69) is 6.92 Å². The largest absolute Gasteiger partial charge is 0.462 e. The van der Waals surface area contributed by atoms with Gasteiger partial charge in [-0.2, -0.15) is 4.57 Å². The summed E-state index contributed by atoms with van der Waals surface area (Å²) >= 11 is 0. The van der Waals surface area contributed by atoms with Crippen molar-refractivity contribution in [2.75, 3.05) is 6.61 Å². The van der Waals surface area contributed by atoms with Crippen molar-refractivity contribution in [3.63, 3.8) is 0 Å². The number of rotatable bonds is 21. The van der Waals surface area contributed by atoms with Crippen LogP contribution in [0.1, 0.15) is 130 Å². The fourth-order valence-corrected chi connectivity index (χ4v) is 4.49. The number of ether oxygens (including phenoxy) is 1. The van der Waals surface area contributed by atoms with Crippen molar-refractivity contribution in [2.45, 2.75) is 116 Å². The second-order valence-electron chi connectivity index (χ2n) is 9.99. The Morgan fingerprint density at radius 3 is 1.56 bits per heavy atom. The Morgan fingerprint density at radius 2 is 1.06 bits per heavy atom. The quantitative estimate of drug-likeness (QED) is 0.0759. The van der Waals surface area contributed by atoms with Gasteiger partial charge in [-0.1, -0.05) is 121 Å². The molecule has 2 rings (SSSR count). The topological polar surface area (TPSA) is 47.3 Å². The highest BCUT2D eigenvalue weighted by molar-refractivity contribution is 5.96. The van der Waals surface area contributed by atoms with Gasteiger partial charge in [0.05, 0.1) is 12.2 Å². The van der Waals surface area contributed by atoms with Crippen molar-refractivity contribution in [1.82, 2.24) is 0 Å². The van der Waals surface area contributed by atoms with E-state index in [1.165, 1.54) is 89.9 Å². The smallest absolute Gasteiger partial charge is 0.338 e. The molecule has 0 aliphatic rings. The van der Waals surface area contributed by atoms with Gasteiger partial charge >= 0.3 is 5.97 Å². The fraction of sp³-hybridized carbons (Fsp3) is 0.594. The minimum atomic E-state index is -0.313. The monoisotopic (exact) mass is 494 g/mol. The Bertz CT molecular complexity index is 832. The minimum Gasteiger partial charge on any atom is -0.462 e. The van der Waals surface area contributed by atoms with Gasteiger partial charge in [0.15, 0.2) is 12.4 Å². The van der Waals surface area contributed by atoms with E-state index in [0.29, 0.717) is 17.7 Å². The Hall–Kier alpha value is -2.49. The van der Waals surface area contributed by atoms with Crippen molar-refractivity contribution in [3.8, 4) is 0 Å². The third kappa shape index (κ3) is 13.6. The van der Waals surface area contributed by atoms with Crippen LogP contribution in [0, 0.1) is 0 Å². The zero-order valence-electron chi connectivity index (χ0n) is 22.6. The van der Waals surface area contributed by atoms with Crippen LogP contribution in [-0.2, 0) is 11.3 Å². The molecule has 1 heterocycles. The number of nitrogens with zero attached hydrogens (tertiary/aromatic N) is 1. The van der Waals surface area contributed by atoms with Gasteiger partial charge in [-0.05, 0) is 18.6 Å². The summed E-state index contributed by atoms with van der Waals surface area (Å²) in [6.07, 6.45) is 25.0. The molecule has 1 aromatic heterocycles. The molecule has 0 bridgehead atoms. The van der Waals surface area contributed by atoms with E-state index in [0.717, 1.165) is 12.8 Å². The van der Waals surface area contributed by atoms with Crippen molar-refractivity contribution < 1.29 is 18.9 Å². The Labute approximate surface area is 219 Å². The van der Waals surface area contributed by atoms with Crippen LogP contribution in [0.15, 0.2) is 54.9 Å². The number of benzene rings is 1. The third-order valence-electron chi connectivity index (χ3n) is 6.78. The summed E-state index contributed by atoms with van der Waals surface area (Å²) in [6, 6.07) is 12.5. The number of carbonyl (C=O) groups excluding carboxylic acids is 2. The zero-order chi connectivity index (χ0) is 25.7. The molecule has 0 saturated carbocycles. The average molecular weight is 495 g/mol. The molecule has 36 heavy (non-hydrogen) atoms. The molecule has 0 unspecified atom stereocenters. The maximum Gasteiger partial charge on any atom is 0.338 e. The molecule has 0 spiro atoms. The highest BCUT2D eigenvalue weighted by Crippen LogP contribution is 2.14. The van der Waals surface area contributed by atoms with Gasteiger partial charge in [0, 0.05) is 17.7 Å². The van der Waals surface area contributed by atoms with Crippen LogP contribution in [0.3, 0.4) is 0 Å². The first-order chi connectivity index (χ1) is 17.7. The number of hydrogen-bond acceptors (Lipinski definition) is 3. The number of ketones is 1. The van der Waals surface area contributed by atoms with Crippen molar-refractivity contribution in [2.24, 2.45) is 0 Å². The molecule has 0 fully saturated rings. The number of Topliss-reactive ketones (excluding diaryl/α,β-unsaturated/α-hetero) is 1. The summed E-state index contributed by atoms with van der Waals surface area (Å²) in [5.41, 5.74) is 1.09. The van der Waals surface area contributed by atoms with E-state index in [1.54, 1.807) is 24.3 Å². The lowest BCUT2D eigenvalue weighted by Crippen LogP contribution is -2.36.